The van der Waals surface area contributed by atoms with Gasteiger partial charge < -0.3 is 10.1 Å². The molecule has 0 aliphatic carbocycles. The van der Waals surface area contributed by atoms with Crippen LogP contribution in [0.5, 0.6) is 0 Å². The first kappa shape index (κ1) is 18.2. The molecule has 0 saturated carbocycles. The fraction of sp³-hybridized carbons (Fsp3) is 0.353. The standard InChI is InChI=1S/C17H22N2O4S/c1-23-12-6-11-18-17(20)13-19(24(2,21)22)16-10-5-8-14-7-3-4-9-15(14)16/h3-5,7-10H,6,11-13H2,1-2H3,(H,18,20). The minimum Gasteiger partial charge on any atom is -0.385 e. The molecule has 24 heavy (non-hydrogen) atoms. The Balaban J connectivity index is 2.24. The molecule has 6 nitrogen and oxygen atoms in total. The number of benzene rings is 2. The highest BCUT2D eigenvalue weighted by atomic mass is 32.2. The van der Waals surface area contributed by atoms with Crippen LogP contribution in [0.2, 0.25) is 0 Å². The number of hydrogen-bond acceptors (Lipinski definition) is 4. The summed E-state index contributed by atoms with van der Waals surface area (Å²) in [6, 6.07) is 12.9. The SMILES string of the molecule is COCCCNC(=O)CN(c1cccc2ccccc12)S(C)(=O)=O. The Labute approximate surface area is 142 Å². The average molecular weight is 350 g/mol. The number of hydrogen-bond donors (Lipinski definition) is 1. The van der Waals surface area contributed by atoms with E-state index in [0.717, 1.165) is 21.3 Å². The molecule has 0 aliphatic rings. The molecule has 0 aromatic heterocycles. The zero-order valence-corrected chi connectivity index (χ0v) is 14.7. The van der Waals surface area contributed by atoms with Crippen molar-refractivity contribution in [3.63, 3.8) is 0 Å². The zero-order valence-electron chi connectivity index (χ0n) is 13.9. The number of ether oxygens (including phenoxy) is 1. The average Bonchev–Trinajstić information content (AvgIpc) is 2.55. The molecule has 1 N–H and O–H groups in total. The number of sulfonamides is 1. The van der Waals surface area contributed by atoms with Crippen molar-refractivity contribution in [3.8, 4) is 0 Å². The molecule has 0 fully saturated rings. The van der Waals surface area contributed by atoms with E-state index in [0.29, 0.717) is 25.3 Å². The van der Waals surface area contributed by atoms with Crippen molar-refractivity contribution < 1.29 is 17.9 Å². The van der Waals surface area contributed by atoms with Gasteiger partial charge in [-0.15, -0.1) is 0 Å². The number of amides is 1. The molecule has 0 heterocycles. The minimum absolute atomic E-state index is 0.250. The van der Waals surface area contributed by atoms with Crippen LogP contribution in [0, 0.1) is 0 Å². The highest BCUT2D eigenvalue weighted by molar-refractivity contribution is 7.92. The Morgan fingerprint density at radius 3 is 2.58 bits per heavy atom. The van der Waals surface area contributed by atoms with Crippen molar-refractivity contribution in [2.45, 2.75) is 6.42 Å². The number of fused-ring (bicyclic) bond motifs is 1. The third-order valence-corrected chi connectivity index (χ3v) is 4.70. The quantitative estimate of drug-likeness (QED) is 0.736. The van der Waals surface area contributed by atoms with Crippen LogP contribution >= 0.6 is 0 Å². The van der Waals surface area contributed by atoms with Crippen LogP contribution in [0.25, 0.3) is 10.8 Å². The number of carbonyl (C=O) groups excluding carboxylic acids is 1. The lowest BCUT2D eigenvalue weighted by Crippen LogP contribution is -2.40. The number of nitrogens with zero attached hydrogens (tertiary/aromatic N) is 1. The fourth-order valence-electron chi connectivity index (χ4n) is 2.44. The van der Waals surface area contributed by atoms with Gasteiger partial charge >= 0.3 is 0 Å². The van der Waals surface area contributed by atoms with Crippen LogP contribution in [0.15, 0.2) is 42.5 Å². The van der Waals surface area contributed by atoms with E-state index in [9.17, 15) is 13.2 Å². The lowest BCUT2D eigenvalue weighted by atomic mass is 10.1. The van der Waals surface area contributed by atoms with Crippen molar-refractivity contribution in [3.05, 3.63) is 42.5 Å². The number of nitrogens with one attached hydrogen (secondary N) is 1. The van der Waals surface area contributed by atoms with Gasteiger partial charge in [-0.25, -0.2) is 8.42 Å². The van der Waals surface area contributed by atoms with Gasteiger partial charge in [-0.3, -0.25) is 9.10 Å². The van der Waals surface area contributed by atoms with Gasteiger partial charge in [-0.05, 0) is 17.9 Å². The van der Waals surface area contributed by atoms with Gasteiger partial charge in [-0.1, -0.05) is 36.4 Å². The number of anilines is 1. The van der Waals surface area contributed by atoms with E-state index in [-0.39, 0.29) is 12.5 Å². The van der Waals surface area contributed by atoms with Crippen LogP contribution in [-0.2, 0) is 19.6 Å². The minimum atomic E-state index is -3.59. The Bertz CT molecular complexity index is 800. The van der Waals surface area contributed by atoms with Crippen LogP contribution in [0.3, 0.4) is 0 Å². The molecule has 0 unspecified atom stereocenters. The molecule has 2 rings (SSSR count). The first-order chi connectivity index (χ1) is 11.4. The van der Waals surface area contributed by atoms with Gasteiger partial charge in [-0.2, -0.15) is 0 Å². The largest absolute Gasteiger partial charge is 0.385 e. The molecular formula is C17H22N2O4S. The summed E-state index contributed by atoms with van der Waals surface area (Å²) in [4.78, 5) is 12.1. The fourth-order valence-corrected chi connectivity index (χ4v) is 3.31. The Morgan fingerprint density at radius 2 is 1.88 bits per heavy atom. The molecule has 0 bridgehead atoms. The lowest BCUT2D eigenvalue weighted by Gasteiger charge is -2.23. The predicted octanol–water partition coefficient (Wildman–Crippen LogP) is 1.76. The maximum atomic E-state index is 12.2. The van der Waals surface area contributed by atoms with Crippen molar-refractivity contribution in [1.29, 1.82) is 0 Å². The van der Waals surface area contributed by atoms with Crippen LogP contribution in [-0.4, -0.2) is 47.4 Å². The van der Waals surface area contributed by atoms with Crippen LogP contribution in [0.4, 0.5) is 5.69 Å². The van der Waals surface area contributed by atoms with Gasteiger partial charge in [0, 0.05) is 25.6 Å². The summed E-state index contributed by atoms with van der Waals surface area (Å²) < 4.78 is 30.5. The second-order valence-corrected chi connectivity index (χ2v) is 7.37. The lowest BCUT2D eigenvalue weighted by molar-refractivity contribution is -0.119. The van der Waals surface area contributed by atoms with Crippen molar-refractivity contribution in [2.24, 2.45) is 0 Å². The highest BCUT2D eigenvalue weighted by Gasteiger charge is 2.22. The summed E-state index contributed by atoms with van der Waals surface area (Å²) in [6.45, 7) is 0.735. The molecule has 0 atom stereocenters. The van der Waals surface area contributed by atoms with Crippen molar-refractivity contribution >= 4 is 32.4 Å². The molecular weight excluding hydrogens is 328 g/mol. The van der Waals surface area contributed by atoms with E-state index in [2.05, 4.69) is 5.32 Å². The second-order valence-electron chi connectivity index (χ2n) is 5.46. The van der Waals surface area contributed by atoms with Crippen LogP contribution in [0.1, 0.15) is 6.42 Å². The summed E-state index contributed by atoms with van der Waals surface area (Å²) >= 11 is 0. The predicted molar refractivity (Wildman–Crippen MR) is 95.6 cm³/mol. The maximum absolute atomic E-state index is 12.2. The number of methoxy groups -OCH3 is 1. The summed E-state index contributed by atoms with van der Waals surface area (Å²) in [5, 5.41) is 4.42. The van der Waals surface area contributed by atoms with Crippen molar-refractivity contribution in [2.75, 3.05) is 37.4 Å². The number of carbonyl (C=O) groups is 1. The zero-order chi connectivity index (χ0) is 17.6. The molecule has 2 aromatic rings. The molecule has 0 spiro atoms. The molecule has 0 radical (unpaired) electrons. The first-order valence-corrected chi connectivity index (χ1v) is 9.49. The van der Waals surface area contributed by atoms with Gasteiger partial charge in [0.25, 0.3) is 0 Å². The van der Waals surface area contributed by atoms with E-state index in [1.807, 2.05) is 30.3 Å². The summed E-state index contributed by atoms with van der Waals surface area (Å²) in [5.41, 5.74) is 0.502. The molecule has 0 saturated heterocycles. The van der Waals surface area contributed by atoms with E-state index in [1.54, 1.807) is 19.2 Å². The van der Waals surface area contributed by atoms with E-state index in [1.165, 1.54) is 0 Å². The number of rotatable bonds is 8. The van der Waals surface area contributed by atoms with E-state index >= 15 is 0 Å². The van der Waals surface area contributed by atoms with Gasteiger partial charge in [0.15, 0.2) is 0 Å². The van der Waals surface area contributed by atoms with E-state index in [4.69, 9.17) is 4.74 Å². The molecule has 7 heteroatoms. The van der Waals surface area contributed by atoms with E-state index < -0.39 is 10.0 Å². The second kappa shape index (κ2) is 8.12. The Morgan fingerprint density at radius 1 is 1.17 bits per heavy atom. The summed E-state index contributed by atoms with van der Waals surface area (Å²) in [7, 11) is -2.00. The molecule has 1 amide bonds. The third kappa shape index (κ3) is 4.69. The van der Waals surface area contributed by atoms with Crippen molar-refractivity contribution in [1.82, 2.24) is 5.32 Å². The highest BCUT2D eigenvalue weighted by Crippen LogP contribution is 2.28. The monoisotopic (exact) mass is 350 g/mol. The first-order valence-electron chi connectivity index (χ1n) is 7.64. The molecule has 130 valence electrons. The summed E-state index contributed by atoms with van der Waals surface area (Å²) in [6.07, 6.45) is 1.78. The maximum Gasteiger partial charge on any atom is 0.240 e. The Kier molecular flexibility index (Phi) is 6.16. The van der Waals surface area contributed by atoms with Gasteiger partial charge in [0.05, 0.1) is 11.9 Å². The third-order valence-electron chi connectivity index (χ3n) is 3.57. The molecule has 2 aromatic carbocycles. The summed E-state index contributed by atoms with van der Waals surface area (Å²) in [5.74, 6) is -0.343. The normalized spacial score (nSPS) is 11.4. The smallest absolute Gasteiger partial charge is 0.240 e. The van der Waals surface area contributed by atoms with Gasteiger partial charge in [0.2, 0.25) is 15.9 Å². The van der Waals surface area contributed by atoms with Crippen LogP contribution < -0.4 is 9.62 Å². The Hall–Kier alpha value is -2.12. The van der Waals surface area contributed by atoms with Gasteiger partial charge in [0.1, 0.15) is 6.54 Å². The molecule has 0 aliphatic heterocycles. The topological polar surface area (TPSA) is 75.7 Å².